The van der Waals surface area contributed by atoms with Gasteiger partial charge in [-0.3, -0.25) is 19.2 Å². The highest BCUT2D eigenvalue weighted by atomic mass is 35.5. The lowest BCUT2D eigenvalue weighted by atomic mass is 9.56. The Hall–Kier alpha value is -4.81. The van der Waals surface area contributed by atoms with Crippen molar-refractivity contribution in [1.82, 2.24) is 0 Å². The highest BCUT2D eigenvalue weighted by Crippen LogP contribution is 2.66. The van der Waals surface area contributed by atoms with Crippen molar-refractivity contribution in [3.8, 4) is 11.5 Å². The molecule has 2 aliphatic heterocycles. The Balaban J connectivity index is 1.37. The Kier molecular flexibility index (Phi) is 6.79. The Labute approximate surface area is 274 Å². The molecular formula is C33H22Cl2F2N2O8. The minimum Gasteiger partial charge on any atom is -0.507 e. The number of carboxylic acids is 1. The number of anilines is 2. The van der Waals surface area contributed by atoms with Gasteiger partial charge in [0.05, 0.1) is 23.2 Å². The molecule has 3 aromatic carbocycles. The fraction of sp³-hybridized carbons (Fsp3) is 0.242. The molecule has 3 N–H and O–H groups in total. The molecule has 3 fully saturated rings. The van der Waals surface area contributed by atoms with E-state index in [0.29, 0.717) is 5.57 Å². The number of nitrogens with zero attached hydrogens (tertiary/aromatic N) is 2. The van der Waals surface area contributed by atoms with Crippen molar-refractivity contribution in [2.45, 2.75) is 28.5 Å². The number of alkyl halides is 2. The Morgan fingerprint density at radius 1 is 0.809 bits per heavy atom. The molecule has 2 heterocycles. The first kappa shape index (κ1) is 30.8. The van der Waals surface area contributed by atoms with Gasteiger partial charge in [0.15, 0.2) is 21.3 Å². The SMILES string of the molecule is O=C(O)c1ccc(N2C(=O)C3CC=C4C(CC5(Cl)C(=O)N(c6ccc(F)cc6)C(=O)C5(Cl)C4c4ccc(O)c(F)c4)C3C2=O)cc1O. The fourth-order valence-electron chi connectivity index (χ4n) is 7.57. The van der Waals surface area contributed by atoms with Crippen LogP contribution in [0.5, 0.6) is 11.5 Å². The van der Waals surface area contributed by atoms with Crippen molar-refractivity contribution < 1.29 is 48.1 Å². The molecule has 1 saturated carbocycles. The summed E-state index contributed by atoms with van der Waals surface area (Å²) in [7, 11) is 0. The van der Waals surface area contributed by atoms with Crippen LogP contribution in [-0.4, -0.2) is 54.7 Å². The first-order valence-corrected chi connectivity index (χ1v) is 15.1. The van der Waals surface area contributed by atoms with Crippen LogP contribution < -0.4 is 9.80 Å². The maximum atomic E-state index is 14.8. The van der Waals surface area contributed by atoms with Gasteiger partial charge in [0.1, 0.15) is 17.1 Å². The number of hydrogen-bond acceptors (Lipinski definition) is 7. The molecule has 4 aliphatic rings. The van der Waals surface area contributed by atoms with Gasteiger partial charge in [0, 0.05) is 12.0 Å². The third kappa shape index (κ3) is 4.10. The highest BCUT2D eigenvalue weighted by Gasteiger charge is 2.76. The second-order valence-electron chi connectivity index (χ2n) is 12.0. The van der Waals surface area contributed by atoms with Crippen LogP contribution in [0.15, 0.2) is 72.3 Å². The maximum Gasteiger partial charge on any atom is 0.339 e. The summed E-state index contributed by atoms with van der Waals surface area (Å²) in [6.45, 7) is 0. The zero-order valence-electron chi connectivity index (χ0n) is 23.9. The molecule has 2 saturated heterocycles. The fourth-order valence-corrected chi connectivity index (χ4v) is 8.50. The van der Waals surface area contributed by atoms with Crippen LogP contribution in [0.25, 0.3) is 0 Å². The van der Waals surface area contributed by atoms with Crippen molar-refractivity contribution in [2.24, 2.45) is 17.8 Å². The number of rotatable bonds is 4. The summed E-state index contributed by atoms with van der Waals surface area (Å²) in [5, 5.41) is 29.5. The van der Waals surface area contributed by atoms with Crippen molar-refractivity contribution >= 4 is 64.2 Å². The first-order valence-electron chi connectivity index (χ1n) is 14.4. The molecule has 7 rings (SSSR count). The number of phenols is 2. The number of benzene rings is 3. The number of halogens is 4. The van der Waals surface area contributed by atoms with Gasteiger partial charge in [0.25, 0.3) is 11.8 Å². The summed E-state index contributed by atoms with van der Waals surface area (Å²) >= 11 is 14.4. The average molecular weight is 683 g/mol. The van der Waals surface area contributed by atoms with Gasteiger partial charge in [-0.25, -0.2) is 23.4 Å². The van der Waals surface area contributed by atoms with Crippen LogP contribution >= 0.6 is 23.2 Å². The lowest BCUT2D eigenvalue weighted by Crippen LogP contribution is -2.60. The minimum absolute atomic E-state index is 0.0140. The summed E-state index contributed by atoms with van der Waals surface area (Å²) in [6, 6.07) is 11.0. The number of imide groups is 2. The molecule has 47 heavy (non-hydrogen) atoms. The predicted octanol–water partition coefficient (Wildman–Crippen LogP) is 4.84. The summed E-state index contributed by atoms with van der Waals surface area (Å²) < 4.78 is 28.6. The molecule has 4 amide bonds. The summed E-state index contributed by atoms with van der Waals surface area (Å²) in [5.41, 5.74) is -0.114. The molecule has 6 unspecified atom stereocenters. The largest absolute Gasteiger partial charge is 0.507 e. The second kappa shape index (κ2) is 10.3. The van der Waals surface area contributed by atoms with Gasteiger partial charge in [-0.2, -0.15) is 0 Å². The second-order valence-corrected chi connectivity index (χ2v) is 13.2. The van der Waals surface area contributed by atoms with Gasteiger partial charge < -0.3 is 15.3 Å². The van der Waals surface area contributed by atoms with E-state index in [1.165, 1.54) is 24.3 Å². The number of aromatic carboxylic acids is 1. The number of fused-ring (bicyclic) bond motifs is 4. The molecule has 0 bridgehead atoms. The van der Waals surface area contributed by atoms with E-state index in [4.69, 9.17) is 23.2 Å². The molecule has 14 heteroatoms. The Morgan fingerprint density at radius 2 is 1.49 bits per heavy atom. The van der Waals surface area contributed by atoms with Crippen LogP contribution in [0.4, 0.5) is 20.2 Å². The van der Waals surface area contributed by atoms with E-state index in [-0.39, 0.29) is 29.8 Å². The summed E-state index contributed by atoms with van der Waals surface area (Å²) in [4.78, 5) is 64.8. The number of hydrogen-bond donors (Lipinski definition) is 3. The van der Waals surface area contributed by atoms with Crippen molar-refractivity contribution in [1.29, 1.82) is 0 Å². The van der Waals surface area contributed by atoms with Crippen molar-refractivity contribution in [2.75, 3.05) is 9.80 Å². The van der Waals surface area contributed by atoms with Gasteiger partial charge in [-0.1, -0.05) is 17.7 Å². The maximum absolute atomic E-state index is 14.8. The normalized spacial score (nSPS) is 29.8. The van der Waals surface area contributed by atoms with Crippen molar-refractivity contribution in [3.63, 3.8) is 0 Å². The number of carbonyl (C=O) groups is 5. The smallest absolute Gasteiger partial charge is 0.339 e. The number of carboxylic acid groups (broad SMARTS) is 1. The molecule has 240 valence electrons. The molecule has 3 aromatic rings. The van der Waals surface area contributed by atoms with Crippen LogP contribution in [0.3, 0.4) is 0 Å². The highest BCUT2D eigenvalue weighted by molar-refractivity contribution is 6.58. The average Bonchev–Trinajstić information content (AvgIpc) is 3.36. The summed E-state index contributed by atoms with van der Waals surface area (Å²) in [5.74, 6) is -12.1. The lowest BCUT2D eigenvalue weighted by molar-refractivity contribution is -0.125. The zero-order chi connectivity index (χ0) is 33.7. The zero-order valence-corrected chi connectivity index (χ0v) is 25.4. The van der Waals surface area contributed by atoms with Crippen LogP contribution in [0.1, 0.15) is 34.7 Å². The standard InChI is InChI=1S/C33H22Cl2F2N2O8/c34-32-13-21-18(8-9-20-25(21)28(43)38(27(20)42)17-6-7-19(29(44)45)24(41)12-17)26(14-1-10-23(40)22(37)11-14)33(32,35)31(47)39(30(32)46)16-4-2-15(36)3-5-16/h1-8,10-12,20-21,25-26,40-41H,9,13H2,(H,44,45). The molecule has 0 radical (unpaired) electrons. The molecule has 6 atom stereocenters. The van der Waals surface area contributed by atoms with Gasteiger partial charge in [-0.05, 0) is 72.9 Å². The Bertz CT molecular complexity index is 1990. The molecule has 10 nitrogen and oxygen atoms in total. The van der Waals surface area contributed by atoms with Crippen LogP contribution in [0.2, 0.25) is 0 Å². The van der Waals surface area contributed by atoms with Crippen LogP contribution in [0, 0.1) is 29.4 Å². The number of amides is 4. The topological polar surface area (TPSA) is 153 Å². The lowest BCUT2D eigenvalue weighted by Gasteiger charge is -2.50. The van der Waals surface area contributed by atoms with Gasteiger partial charge >= 0.3 is 5.97 Å². The van der Waals surface area contributed by atoms with E-state index < -0.39 is 91.7 Å². The van der Waals surface area contributed by atoms with E-state index in [1.807, 2.05) is 0 Å². The third-order valence-corrected chi connectivity index (χ3v) is 11.1. The predicted molar refractivity (Wildman–Crippen MR) is 162 cm³/mol. The molecule has 2 aliphatic carbocycles. The van der Waals surface area contributed by atoms with Gasteiger partial charge in [-0.15, -0.1) is 23.2 Å². The monoisotopic (exact) mass is 682 g/mol. The van der Waals surface area contributed by atoms with E-state index in [1.54, 1.807) is 6.08 Å². The number of carbonyl (C=O) groups excluding carboxylic acids is 4. The molecule has 0 aromatic heterocycles. The Morgan fingerprint density at radius 3 is 2.13 bits per heavy atom. The van der Waals surface area contributed by atoms with Crippen molar-refractivity contribution in [3.05, 3.63) is 95.1 Å². The quantitative estimate of drug-likeness (QED) is 0.201. The van der Waals surface area contributed by atoms with E-state index >= 15 is 0 Å². The molecular weight excluding hydrogens is 661 g/mol. The van der Waals surface area contributed by atoms with E-state index in [2.05, 4.69) is 0 Å². The minimum atomic E-state index is -2.29. The number of phenolic OH excluding ortho intramolecular Hbond substituents is 1. The number of aromatic hydroxyl groups is 2. The third-order valence-electron chi connectivity index (χ3n) is 9.67. The summed E-state index contributed by atoms with van der Waals surface area (Å²) in [6.07, 6.45) is 1.22. The van der Waals surface area contributed by atoms with Crippen LogP contribution in [-0.2, 0) is 19.2 Å². The van der Waals surface area contributed by atoms with E-state index in [0.717, 1.165) is 46.2 Å². The van der Waals surface area contributed by atoms with Gasteiger partial charge in [0.2, 0.25) is 11.8 Å². The molecule has 0 spiro atoms. The first-order chi connectivity index (χ1) is 22.2. The van der Waals surface area contributed by atoms with E-state index in [9.17, 15) is 48.1 Å². The number of allylic oxidation sites excluding steroid dienone is 2.